The monoisotopic (exact) mass is 227 g/mol. The van der Waals surface area contributed by atoms with E-state index in [0.717, 1.165) is 31.6 Å². The molecule has 84 valence electrons. The molecule has 1 aromatic rings. The molecule has 2 heterocycles. The smallest absolute Gasteiger partial charge is 0.252 e. The zero-order chi connectivity index (χ0) is 10.7. The maximum Gasteiger partial charge on any atom is 0.252 e. The lowest BCUT2D eigenvalue weighted by Crippen LogP contribution is -2.38. The highest BCUT2D eigenvalue weighted by molar-refractivity contribution is 7.10. The van der Waals surface area contributed by atoms with Gasteiger partial charge in [0.15, 0.2) is 0 Å². The van der Waals surface area contributed by atoms with Crippen molar-refractivity contribution in [3.8, 4) is 0 Å². The van der Waals surface area contributed by atoms with E-state index in [1.165, 1.54) is 4.88 Å². The van der Waals surface area contributed by atoms with Gasteiger partial charge in [0.1, 0.15) is 0 Å². The van der Waals surface area contributed by atoms with E-state index in [4.69, 9.17) is 4.74 Å². The van der Waals surface area contributed by atoms with Gasteiger partial charge < -0.3 is 10.1 Å². The maximum atomic E-state index is 11.8. The van der Waals surface area contributed by atoms with Gasteiger partial charge in [-0.25, -0.2) is 0 Å². The summed E-state index contributed by atoms with van der Waals surface area (Å²) in [5.74, 6) is 0.0475. The SMILES string of the molecule is Cc1cc(C(=O)NC2CCOCC2)cs1.[HH]. The first-order valence-corrected chi connectivity index (χ1v) is 6.07. The van der Waals surface area contributed by atoms with E-state index >= 15 is 0 Å². The molecule has 0 aliphatic carbocycles. The molecule has 4 heteroatoms. The largest absolute Gasteiger partial charge is 0.381 e. The summed E-state index contributed by atoms with van der Waals surface area (Å²) < 4.78 is 5.24. The predicted molar refractivity (Wildman–Crippen MR) is 62.5 cm³/mol. The van der Waals surface area contributed by atoms with Crippen LogP contribution in [0, 0.1) is 6.92 Å². The van der Waals surface area contributed by atoms with Gasteiger partial charge in [0, 0.05) is 30.9 Å². The van der Waals surface area contributed by atoms with Crippen LogP contribution in [-0.4, -0.2) is 25.2 Å². The molecule has 0 saturated carbocycles. The molecule has 3 nitrogen and oxygen atoms in total. The van der Waals surface area contributed by atoms with Crippen molar-refractivity contribution >= 4 is 17.2 Å². The summed E-state index contributed by atoms with van der Waals surface area (Å²) >= 11 is 1.61. The average molecular weight is 227 g/mol. The second kappa shape index (κ2) is 4.77. The summed E-state index contributed by atoms with van der Waals surface area (Å²) in [5.41, 5.74) is 0.781. The number of hydrogen-bond donors (Lipinski definition) is 1. The standard InChI is InChI=1S/C11H15NO2S.H2/c1-8-6-9(7-15-8)11(13)12-10-2-4-14-5-3-10;/h6-7,10H,2-5H2,1H3,(H,12,13);1H. The van der Waals surface area contributed by atoms with Gasteiger partial charge >= 0.3 is 0 Å². The van der Waals surface area contributed by atoms with Crippen molar-refractivity contribution in [2.75, 3.05) is 13.2 Å². The molecule has 2 rings (SSSR count). The molecule has 15 heavy (non-hydrogen) atoms. The van der Waals surface area contributed by atoms with E-state index < -0.39 is 0 Å². The summed E-state index contributed by atoms with van der Waals surface area (Å²) in [7, 11) is 0. The van der Waals surface area contributed by atoms with Crippen LogP contribution >= 0.6 is 11.3 Å². The molecule has 1 fully saturated rings. The summed E-state index contributed by atoms with van der Waals surface area (Å²) in [6.07, 6.45) is 1.85. The van der Waals surface area contributed by atoms with Crippen molar-refractivity contribution in [1.29, 1.82) is 0 Å². The predicted octanol–water partition coefficient (Wildman–Crippen LogP) is 2.21. The number of nitrogens with one attached hydrogen (secondary N) is 1. The van der Waals surface area contributed by atoms with Crippen molar-refractivity contribution in [3.63, 3.8) is 0 Å². The minimum Gasteiger partial charge on any atom is -0.381 e. The van der Waals surface area contributed by atoms with E-state index in [1.54, 1.807) is 11.3 Å². The lowest BCUT2D eigenvalue weighted by atomic mass is 10.1. The number of thiophene rings is 1. The molecule has 1 aliphatic heterocycles. The van der Waals surface area contributed by atoms with Crippen molar-refractivity contribution in [2.45, 2.75) is 25.8 Å². The Morgan fingerprint density at radius 1 is 1.60 bits per heavy atom. The normalized spacial score (nSPS) is 17.7. The minimum atomic E-state index is 0. The first kappa shape index (κ1) is 10.6. The number of ether oxygens (including phenoxy) is 1. The molecular weight excluding hydrogens is 210 g/mol. The van der Waals surface area contributed by atoms with Gasteiger partial charge in [0.05, 0.1) is 5.56 Å². The van der Waals surface area contributed by atoms with Crippen LogP contribution in [0.2, 0.25) is 0 Å². The van der Waals surface area contributed by atoms with Gasteiger partial charge in [0.2, 0.25) is 0 Å². The van der Waals surface area contributed by atoms with Crippen LogP contribution in [0.5, 0.6) is 0 Å². The van der Waals surface area contributed by atoms with Crippen LogP contribution in [0.25, 0.3) is 0 Å². The van der Waals surface area contributed by atoms with Gasteiger partial charge in [-0.05, 0) is 25.8 Å². The van der Waals surface area contributed by atoms with E-state index in [2.05, 4.69) is 5.32 Å². The second-order valence-corrected chi connectivity index (χ2v) is 4.92. The molecule has 0 aromatic carbocycles. The van der Waals surface area contributed by atoms with Crippen LogP contribution in [0.1, 0.15) is 29.5 Å². The topological polar surface area (TPSA) is 38.3 Å². The molecule has 0 bridgehead atoms. The molecule has 1 N–H and O–H groups in total. The molecule has 0 spiro atoms. The van der Waals surface area contributed by atoms with Crippen LogP contribution in [0.15, 0.2) is 11.4 Å². The third-order valence-corrected chi connectivity index (χ3v) is 3.41. The molecule has 1 saturated heterocycles. The fourth-order valence-electron chi connectivity index (χ4n) is 1.67. The highest BCUT2D eigenvalue weighted by Crippen LogP contribution is 2.14. The van der Waals surface area contributed by atoms with Gasteiger partial charge in [-0.2, -0.15) is 0 Å². The Bertz CT molecular complexity index is 348. The lowest BCUT2D eigenvalue weighted by Gasteiger charge is -2.22. The first-order valence-electron chi connectivity index (χ1n) is 5.19. The molecule has 1 amide bonds. The fourth-order valence-corrected chi connectivity index (χ4v) is 2.36. The second-order valence-electron chi connectivity index (χ2n) is 3.81. The van der Waals surface area contributed by atoms with Crippen LogP contribution in [0.3, 0.4) is 0 Å². The number of amides is 1. The quantitative estimate of drug-likeness (QED) is 0.841. The Morgan fingerprint density at radius 3 is 2.93 bits per heavy atom. The third kappa shape index (κ3) is 2.79. The third-order valence-electron chi connectivity index (χ3n) is 2.55. The van der Waals surface area contributed by atoms with Crippen LogP contribution in [0.4, 0.5) is 0 Å². The Hall–Kier alpha value is -0.870. The molecule has 0 atom stereocenters. The number of carbonyl (C=O) groups is 1. The van der Waals surface area contributed by atoms with Crippen molar-refractivity contribution in [2.24, 2.45) is 0 Å². The maximum absolute atomic E-state index is 11.8. The van der Waals surface area contributed by atoms with Gasteiger partial charge in [-0.3, -0.25) is 4.79 Å². The Labute approximate surface area is 94.9 Å². The number of rotatable bonds is 2. The fraction of sp³-hybridized carbons (Fsp3) is 0.545. The van der Waals surface area contributed by atoms with E-state index in [1.807, 2.05) is 18.4 Å². The van der Waals surface area contributed by atoms with Crippen molar-refractivity contribution < 1.29 is 11.0 Å². The Balaban J connectivity index is 0.00000128. The summed E-state index contributed by atoms with van der Waals surface area (Å²) in [4.78, 5) is 13.0. The first-order chi connectivity index (χ1) is 7.25. The minimum absolute atomic E-state index is 0. The molecular formula is C11H17NO2S. The number of carbonyl (C=O) groups excluding carboxylic acids is 1. The van der Waals surface area contributed by atoms with Gasteiger partial charge in [0.25, 0.3) is 5.91 Å². The zero-order valence-electron chi connectivity index (χ0n) is 8.79. The van der Waals surface area contributed by atoms with E-state index in [-0.39, 0.29) is 13.4 Å². The Morgan fingerprint density at radius 2 is 2.33 bits per heavy atom. The highest BCUT2D eigenvalue weighted by atomic mass is 32.1. The Kier molecular flexibility index (Phi) is 3.38. The molecule has 1 aromatic heterocycles. The van der Waals surface area contributed by atoms with Crippen LogP contribution in [-0.2, 0) is 4.74 Å². The molecule has 1 aliphatic rings. The number of aryl methyl sites for hydroxylation is 1. The number of hydrogen-bond acceptors (Lipinski definition) is 3. The summed E-state index contributed by atoms with van der Waals surface area (Å²) in [5, 5.41) is 4.94. The average Bonchev–Trinajstić information content (AvgIpc) is 2.66. The van der Waals surface area contributed by atoms with Gasteiger partial charge in [-0.15, -0.1) is 11.3 Å². The molecule has 0 radical (unpaired) electrons. The zero-order valence-corrected chi connectivity index (χ0v) is 9.60. The van der Waals surface area contributed by atoms with E-state index in [9.17, 15) is 4.79 Å². The van der Waals surface area contributed by atoms with E-state index in [0.29, 0.717) is 0 Å². The van der Waals surface area contributed by atoms with Crippen LogP contribution < -0.4 is 5.32 Å². The highest BCUT2D eigenvalue weighted by Gasteiger charge is 2.17. The van der Waals surface area contributed by atoms with Crippen molar-refractivity contribution in [3.05, 3.63) is 21.9 Å². The van der Waals surface area contributed by atoms with Crippen molar-refractivity contribution in [1.82, 2.24) is 5.32 Å². The summed E-state index contributed by atoms with van der Waals surface area (Å²) in [6.45, 7) is 3.52. The lowest BCUT2D eigenvalue weighted by molar-refractivity contribution is 0.0696. The molecule has 0 unspecified atom stereocenters. The summed E-state index contributed by atoms with van der Waals surface area (Å²) in [6, 6.07) is 2.21. The van der Waals surface area contributed by atoms with Gasteiger partial charge in [-0.1, -0.05) is 0 Å².